The summed E-state index contributed by atoms with van der Waals surface area (Å²) in [4.78, 5) is 1.05. The fourth-order valence-electron chi connectivity index (χ4n) is 1.43. The van der Waals surface area contributed by atoms with Crippen molar-refractivity contribution in [3.8, 4) is 0 Å². The summed E-state index contributed by atoms with van der Waals surface area (Å²) in [7, 11) is 0. The Morgan fingerprint density at radius 1 is 1.11 bits per heavy atom. The molecule has 0 aromatic carbocycles. The van der Waals surface area contributed by atoms with Gasteiger partial charge in [-0.25, -0.2) is 6.08 Å². The summed E-state index contributed by atoms with van der Waals surface area (Å²) in [5.74, 6) is 2.03. The number of nitrogens with two attached hydrogens (primary N) is 2. The van der Waals surface area contributed by atoms with E-state index in [0.717, 1.165) is 28.0 Å². The van der Waals surface area contributed by atoms with Crippen LogP contribution in [0.4, 0.5) is 0 Å². The van der Waals surface area contributed by atoms with Crippen molar-refractivity contribution in [3.05, 3.63) is 64.6 Å². The van der Waals surface area contributed by atoms with E-state index in [2.05, 4.69) is 23.6 Å². The number of hydrogen-bond acceptors (Lipinski definition) is 3. The second-order valence-corrected chi connectivity index (χ2v) is 6.08. The minimum atomic E-state index is 0. The Hall–Kier alpha value is 3.24. The van der Waals surface area contributed by atoms with Crippen molar-refractivity contribution in [2.45, 2.75) is 6.42 Å². The molecule has 12 heteroatoms. The largest absolute Gasteiger partial charge is 1.00 e. The van der Waals surface area contributed by atoms with Crippen molar-refractivity contribution in [1.29, 1.82) is 0 Å². The van der Waals surface area contributed by atoms with Crippen LogP contribution < -0.4 is 61.1 Å². The second kappa shape index (κ2) is 29.2. The van der Waals surface area contributed by atoms with Crippen molar-refractivity contribution < 1.29 is 160 Å². The van der Waals surface area contributed by atoms with Gasteiger partial charge in [-0.2, -0.15) is 10.9 Å². The molecule has 0 saturated heterocycles. The molecule has 2 nitrogen and oxygen atoms in total. The van der Waals surface area contributed by atoms with Gasteiger partial charge < -0.3 is 72.9 Å². The Morgan fingerprint density at radius 3 is 2.30 bits per heavy atom. The van der Waals surface area contributed by atoms with Gasteiger partial charge in [0.2, 0.25) is 0 Å². The molecule has 4 N–H and O–H groups in total. The molecule has 27 heavy (non-hydrogen) atoms. The predicted octanol–water partition coefficient (Wildman–Crippen LogP) is -10.4. The molecule has 2 aliphatic rings. The Morgan fingerprint density at radius 2 is 1.74 bits per heavy atom. The van der Waals surface area contributed by atoms with Gasteiger partial charge in [-0.1, -0.05) is 0 Å². The molecule has 132 valence electrons. The molecule has 0 atom stereocenters. The molecule has 4 radical (unpaired) electrons. The molecule has 0 heterocycles. The summed E-state index contributed by atoms with van der Waals surface area (Å²) in [5, 5.41) is 1.05. The predicted molar refractivity (Wildman–Crippen MR) is 84.7 cm³/mol. The third kappa shape index (κ3) is 19.6. The minimum Gasteiger partial charge on any atom is -1.00 e. The molecule has 0 fully saturated rings. The molecule has 0 unspecified atom stereocenters. The van der Waals surface area contributed by atoms with Crippen LogP contribution in [0.1, 0.15) is 6.42 Å². The van der Waals surface area contributed by atoms with E-state index in [1.165, 1.54) is 0 Å². The summed E-state index contributed by atoms with van der Waals surface area (Å²) >= 11 is 3.48. The van der Waals surface area contributed by atoms with Gasteiger partial charge in [-0.3, -0.25) is 17.8 Å². The molecular formula is C15H14Cl4Hg4N2S2. The first kappa shape index (κ1) is 47.9. The van der Waals surface area contributed by atoms with Crippen LogP contribution in [0.25, 0.3) is 0 Å². The molecule has 0 aromatic heterocycles. The first-order chi connectivity index (χ1) is 9.27. The van der Waals surface area contributed by atoms with E-state index in [9.17, 15) is 0 Å². The number of thioether (sulfide) groups is 1. The summed E-state index contributed by atoms with van der Waals surface area (Å²) in [6.07, 6.45) is 14.2. The molecule has 2 aliphatic carbocycles. The fourth-order valence-corrected chi connectivity index (χ4v) is 3.36. The summed E-state index contributed by atoms with van der Waals surface area (Å²) in [6.45, 7) is 0. The maximum Gasteiger partial charge on any atom is 1.00 e. The zero-order valence-corrected chi connectivity index (χ0v) is 41.4. The van der Waals surface area contributed by atoms with Gasteiger partial charge >= 0.3 is 116 Å². The van der Waals surface area contributed by atoms with Crippen LogP contribution in [0.15, 0.2) is 47.2 Å². The van der Waals surface area contributed by atoms with Crippen LogP contribution in [0.5, 0.6) is 0 Å². The van der Waals surface area contributed by atoms with Gasteiger partial charge in [0, 0.05) is 6.42 Å². The van der Waals surface area contributed by atoms with E-state index in [1.807, 2.05) is 12.2 Å². The average Bonchev–Trinajstić information content (AvgIpc) is 2.42. The summed E-state index contributed by atoms with van der Waals surface area (Å²) in [6, 6.07) is 0. The molecular weight excluding hydrogens is 1220 g/mol. The second-order valence-electron chi connectivity index (χ2n) is 3.81. The summed E-state index contributed by atoms with van der Waals surface area (Å²) in [5.41, 5.74) is 19.0. The maximum atomic E-state index is 5.82. The monoisotopic (exact) mass is 1230 g/mol. The average molecular weight is 1230 g/mol. The van der Waals surface area contributed by atoms with E-state index in [1.54, 1.807) is 35.3 Å². The zero-order valence-electron chi connectivity index (χ0n) is 14.7. The van der Waals surface area contributed by atoms with E-state index in [0.29, 0.717) is 11.4 Å². The first-order valence-corrected chi connectivity index (χ1v) is 7.84. The first-order valence-electron chi connectivity index (χ1n) is 5.87. The summed E-state index contributed by atoms with van der Waals surface area (Å²) < 4.78 is 0. The normalized spacial score (nSPS) is 13.0. The molecule has 0 amide bonds. The van der Waals surface area contributed by atoms with Crippen LogP contribution in [-0.2, 0) is 122 Å². The van der Waals surface area contributed by atoms with Crippen LogP contribution in [0.3, 0.4) is 0 Å². The van der Waals surface area contributed by atoms with Crippen molar-refractivity contribution in [1.82, 2.24) is 0 Å². The molecule has 0 aromatic rings. The maximum absolute atomic E-state index is 5.82. The van der Waals surface area contributed by atoms with E-state index in [-0.39, 0.29) is 160 Å². The standard InChI is InChI=1S/C15H14N2S2.4ClH.4Hg/c16-12-6-1-3-8-14(12)18-10-5-11-19-15-9-4-2-7-13(15)17;;;;;;;;/h1-2,8-9H,5,10-11,16-17H2;4*1H;;;;/q;;;;;4*+1/p-4. The van der Waals surface area contributed by atoms with Crippen LogP contribution in [0.2, 0.25) is 0 Å². The number of halogens is 4. The molecule has 0 bridgehead atoms. The van der Waals surface area contributed by atoms with E-state index in [4.69, 9.17) is 11.5 Å². The van der Waals surface area contributed by atoms with Crippen molar-refractivity contribution >= 4 is 28.0 Å². The van der Waals surface area contributed by atoms with E-state index < -0.39 is 0 Å². The van der Waals surface area contributed by atoms with Gasteiger partial charge in [0.1, 0.15) is 0 Å². The van der Waals surface area contributed by atoms with Gasteiger partial charge in [0.15, 0.2) is 17.9 Å². The quantitative estimate of drug-likeness (QED) is 0.0720. The van der Waals surface area contributed by atoms with Crippen LogP contribution >= 0.6 is 11.8 Å². The van der Waals surface area contributed by atoms with Gasteiger partial charge in [0.05, 0.1) is 11.8 Å². The Kier molecular flexibility index (Phi) is 51.8. The van der Waals surface area contributed by atoms with Gasteiger partial charge in [-0.05, 0) is 5.75 Å². The van der Waals surface area contributed by atoms with Crippen molar-refractivity contribution in [2.24, 2.45) is 11.5 Å². The molecule has 0 spiro atoms. The van der Waals surface area contributed by atoms with E-state index >= 15 is 0 Å². The topological polar surface area (TPSA) is 52.0 Å². The SMILES string of the molecule is NC1=C=C[C+]=CC1=[S+]CCCS[C-]1C=C=C[C-]=C1N.[Cl-].[Cl-].[Cl-].[Cl-].[Hg+].[Hg+].[Hg+].[Hg+]. The van der Waals surface area contributed by atoms with Crippen LogP contribution in [0, 0.1) is 17.4 Å². The third-order valence-electron chi connectivity index (χ3n) is 2.39. The molecule has 2 rings (SSSR count). The van der Waals surface area contributed by atoms with Gasteiger partial charge in [-0.15, -0.1) is 0 Å². The number of allylic oxidation sites excluding steroid dienone is 3. The van der Waals surface area contributed by atoms with Crippen molar-refractivity contribution in [3.63, 3.8) is 0 Å². The van der Waals surface area contributed by atoms with Crippen LogP contribution in [-0.4, -0.2) is 16.4 Å². The zero-order chi connectivity index (χ0) is 13.5. The number of hydrogen-bond donors (Lipinski definition) is 2. The van der Waals surface area contributed by atoms with Crippen molar-refractivity contribution in [2.75, 3.05) is 11.5 Å². The Bertz CT molecular complexity index is 586. The fraction of sp³-hybridized carbons (Fsp3) is 0.200. The molecule has 0 saturated carbocycles. The number of rotatable bonds is 5. The minimum absolute atomic E-state index is 0. The van der Waals surface area contributed by atoms with Gasteiger partial charge in [0.25, 0.3) is 17.0 Å². The third-order valence-corrected chi connectivity index (χ3v) is 4.67. The Labute approximate surface area is 277 Å². The Balaban J connectivity index is -0.0000001000. The molecule has 0 aliphatic heterocycles. The smallest absolute Gasteiger partial charge is 1.00 e.